The van der Waals surface area contributed by atoms with Crippen LogP contribution in [0.4, 0.5) is 0 Å². The standard InChI is InChI=1S/C14H19BrN2O2/c1-16-9-10-4-3-7-17(10)14(18)12-8-11(19-2)5-6-13(12)15/h5-6,8,10,16H,3-4,7,9H2,1-2H3. The highest BCUT2D eigenvalue weighted by molar-refractivity contribution is 9.10. The molecule has 0 aromatic heterocycles. The SMILES string of the molecule is CNCC1CCCN1C(=O)c1cc(OC)ccc1Br. The van der Waals surface area contributed by atoms with Crippen LogP contribution >= 0.6 is 15.9 Å². The summed E-state index contributed by atoms with van der Waals surface area (Å²) in [5.41, 5.74) is 0.669. The van der Waals surface area contributed by atoms with Crippen LogP contribution in [-0.2, 0) is 0 Å². The van der Waals surface area contributed by atoms with Gasteiger partial charge in [-0.3, -0.25) is 4.79 Å². The van der Waals surface area contributed by atoms with E-state index in [0.29, 0.717) is 11.3 Å². The van der Waals surface area contributed by atoms with E-state index >= 15 is 0 Å². The molecule has 0 bridgehead atoms. The zero-order valence-corrected chi connectivity index (χ0v) is 12.9. The van der Waals surface area contributed by atoms with Crippen molar-refractivity contribution in [3.63, 3.8) is 0 Å². The summed E-state index contributed by atoms with van der Waals surface area (Å²) in [6.45, 7) is 1.67. The topological polar surface area (TPSA) is 41.6 Å². The second-order valence-electron chi connectivity index (χ2n) is 4.70. The summed E-state index contributed by atoms with van der Waals surface area (Å²) in [6, 6.07) is 5.78. The summed E-state index contributed by atoms with van der Waals surface area (Å²) in [4.78, 5) is 14.6. The number of benzene rings is 1. The molecule has 1 aliphatic heterocycles. The highest BCUT2D eigenvalue weighted by Gasteiger charge is 2.29. The van der Waals surface area contributed by atoms with Crippen molar-refractivity contribution in [1.82, 2.24) is 10.2 Å². The Balaban J connectivity index is 2.23. The molecule has 0 spiro atoms. The molecule has 2 rings (SSSR count). The van der Waals surface area contributed by atoms with Crippen molar-refractivity contribution in [2.45, 2.75) is 18.9 Å². The van der Waals surface area contributed by atoms with E-state index in [0.717, 1.165) is 30.4 Å². The van der Waals surface area contributed by atoms with Gasteiger partial charge in [-0.15, -0.1) is 0 Å². The van der Waals surface area contributed by atoms with Gasteiger partial charge in [-0.05, 0) is 54.0 Å². The molecular formula is C14H19BrN2O2. The summed E-state index contributed by atoms with van der Waals surface area (Å²) >= 11 is 3.45. The maximum absolute atomic E-state index is 12.6. The van der Waals surface area contributed by atoms with Crippen LogP contribution in [0.3, 0.4) is 0 Å². The molecule has 0 radical (unpaired) electrons. The van der Waals surface area contributed by atoms with Crippen molar-refractivity contribution >= 4 is 21.8 Å². The van der Waals surface area contributed by atoms with E-state index in [2.05, 4.69) is 21.2 Å². The third kappa shape index (κ3) is 3.09. The van der Waals surface area contributed by atoms with Gasteiger partial charge in [-0.2, -0.15) is 0 Å². The smallest absolute Gasteiger partial charge is 0.255 e. The Morgan fingerprint density at radius 2 is 2.37 bits per heavy atom. The van der Waals surface area contributed by atoms with Gasteiger partial charge < -0.3 is 15.0 Å². The minimum Gasteiger partial charge on any atom is -0.497 e. The Hall–Kier alpha value is -1.07. The zero-order chi connectivity index (χ0) is 13.8. The molecule has 1 heterocycles. The molecule has 1 aromatic carbocycles. The lowest BCUT2D eigenvalue weighted by molar-refractivity contribution is 0.0735. The number of halogens is 1. The molecule has 19 heavy (non-hydrogen) atoms. The molecule has 1 aromatic rings. The average Bonchev–Trinajstić information content (AvgIpc) is 2.87. The third-order valence-corrected chi connectivity index (χ3v) is 4.17. The minimum atomic E-state index is 0.0727. The number of hydrogen-bond donors (Lipinski definition) is 1. The Labute approximate surface area is 122 Å². The largest absolute Gasteiger partial charge is 0.497 e. The molecular weight excluding hydrogens is 308 g/mol. The fraction of sp³-hybridized carbons (Fsp3) is 0.500. The van der Waals surface area contributed by atoms with Crippen LogP contribution in [0.15, 0.2) is 22.7 Å². The maximum atomic E-state index is 12.6. The van der Waals surface area contributed by atoms with E-state index in [1.807, 2.05) is 24.1 Å². The van der Waals surface area contributed by atoms with Crippen molar-refractivity contribution in [3.8, 4) is 5.75 Å². The fourth-order valence-corrected chi connectivity index (χ4v) is 2.92. The molecule has 1 saturated heterocycles. The molecule has 1 unspecified atom stereocenters. The fourth-order valence-electron chi connectivity index (χ4n) is 2.50. The first-order valence-electron chi connectivity index (χ1n) is 6.46. The number of carbonyl (C=O) groups excluding carboxylic acids is 1. The third-order valence-electron chi connectivity index (χ3n) is 3.48. The summed E-state index contributed by atoms with van der Waals surface area (Å²) < 4.78 is 6.01. The quantitative estimate of drug-likeness (QED) is 0.923. The molecule has 1 fully saturated rings. The van der Waals surface area contributed by atoms with Gasteiger partial charge in [0.05, 0.1) is 12.7 Å². The highest BCUT2D eigenvalue weighted by Crippen LogP contribution is 2.27. The van der Waals surface area contributed by atoms with Gasteiger partial charge in [0, 0.05) is 23.6 Å². The van der Waals surface area contributed by atoms with Crippen molar-refractivity contribution < 1.29 is 9.53 Å². The van der Waals surface area contributed by atoms with Crippen molar-refractivity contribution in [2.24, 2.45) is 0 Å². The Kier molecular flexibility index (Phi) is 4.82. The summed E-state index contributed by atoms with van der Waals surface area (Å²) in [5, 5.41) is 3.15. The average molecular weight is 327 g/mol. The lowest BCUT2D eigenvalue weighted by Gasteiger charge is -2.25. The second-order valence-corrected chi connectivity index (χ2v) is 5.55. The molecule has 1 N–H and O–H groups in total. The maximum Gasteiger partial charge on any atom is 0.255 e. The molecule has 104 valence electrons. The van der Waals surface area contributed by atoms with Gasteiger partial charge in [0.1, 0.15) is 5.75 Å². The van der Waals surface area contributed by atoms with Crippen LogP contribution in [-0.4, -0.2) is 44.1 Å². The Bertz CT molecular complexity index is 465. The number of carbonyl (C=O) groups is 1. The number of amides is 1. The van der Waals surface area contributed by atoms with Gasteiger partial charge in [-0.1, -0.05) is 0 Å². The number of ether oxygens (including phenoxy) is 1. The molecule has 1 atom stereocenters. The highest BCUT2D eigenvalue weighted by atomic mass is 79.9. The molecule has 0 saturated carbocycles. The van der Waals surface area contributed by atoms with Gasteiger partial charge in [0.2, 0.25) is 0 Å². The predicted octanol–water partition coefficient (Wildman–Crippen LogP) is 2.28. The number of likely N-dealkylation sites (tertiary alicyclic amines) is 1. The first-order chi connectivity index (χ1) is 9.17. The van der Waals surface area contributed by atoms with Gasteiger partial charge in [0.25, 0.3) is 5.91 Å². The molecule has 0 aliphatic carbocycles. The second kappa shape index (κ2) is 6.39. The number of hydrogen-bond acceptors (Lipinski definition) is 3. The first-order valence-corrected chi connectivity index (χ1v) is 7.25. The summed E-state index contributed by atoms with van der Waals surface area (Å²) in [6.07, 6.45) is 2.13. The molecule has 1 aliphatic rings. The molecule has 5 heteroatoms. The predicted molar refractivity (Wildman–Crippen MR) is 78.7 cm³/mol. The Morgan fingerprint density at radius 3 is 3.05 bits per heavy atom. The summed E-state index contributed by atoms with van der Waals surface area (Å²) in [7, 11) is 3.53. The van der Waals surface area contributed by atoms with E-state index in [-0.39, 0.29) is 11.9 Å². The van der Waals surface area contributed by atoms with Gasteiger partial charge in [0.15, 0.2) is 0 Å². The summed E-state index contributed by atoms with van der Waals surface area (Å²) in [5.74, 6) is 0.777. The van der Waals surface area contributed by atoms with E-state index in [1.165, 1.54) is 0 Å². The van der Waals surface area contributed by atoms with Crippen LogP contribution in [0, 0.1) is 0 Å². The van der Waals surface area contributed by atoms with Gasteiger partial charge >= 0.3 is 0 Å². The van der Waals surface area contributed by atoms with Crippen molar-refractivity contribution in [3.05, 3.63) is 28.2 Å². The van der Waals surface area contributed by atoms with Crippen LogP contribution in [0.1, 0.15) is 23.2 Å². The normalized spacial score (nSPS) is 18.7. The minimum absolute atomic E-state index is 0.0727. The molecule has 1 amide bonds. The first kappa shape index (κ1) is 14.3. The Morgan fingerprint density at radius 1 is 1.58 bits per heavy atom. The number of likely N-dealkylation sites (N-methyl/N-ethyl adjacent to an activating group) is 1. The lowest BCUT2D eigenvalue weighted by atomic mass is 10.1. The molecule has 4 nitrogen and oxygen atoms in total. The van der Waals surface area contributed by atoms with Crippen LogP contribution in [0.25, 0.3) is 0 Å². The number of nitrogens with zero attached hydrogens (tertiary/aromatic N) is 1. The van der Waals surface area contributed by atoms with E-state index < -0.39 is 0 Å². The zero-order valence-electron chi connectivity index (χ0n) is 11.3. The van der Waals surface area contributed by atoms with E-state index in [1.54, 1.807) is 13.2 Å². The number of nitrogens with one attached hydrogen (secondary N) is 1. The monoisotopic (exact) mass is 326 g/mol. The van der Waals surface area contributed by atoms with Gasteiger partial charge in [-0.25, -0.2) is 0 Å². The lowest BCUT2D eigenvalue weighted by Crippen LogP contribution is -2.40. The van der Waals surface area contributed by atoms with Crippen LogP contribution in [0.5, 0.6) is 5.75 Å². The van der Waals surface area contributed by atoms with Crippen LogP contribution < -0.4 is 10.1 Å². The van der Waals surface area contributed by atoms with Crippen LogP contribution in [0.2, 0.25) is 0 Å². The number of methoxy groups -OCH3 is 1. The van der Waals surface area contributed by atoms with Crippen molar-refractivity contribution in [2.75, 3.05) is 27.2 Å². The van der Waals surface area contributed by atoms with E-state index in [4.69, 9.17) is 4.74 Å². The number of rotatable bonds is 4. The van der Waals surface area contributed by atoms with Crippen molar-refractivity contribution in [1.29, 1.82) is 0 Å². The van der Waals surface area contributed by atoms with E-state index in [9.17, 15) is 4.79 Å².